The Labute approximate surface area is 41.8 Å². The number of carbonyl (C=O) groups excluding carboxylic acids is 1. The third-order valence-corrected chi connectivity index (χ3v) is 0.969. The van der Waals surface area contributed by atoms with Crippen molar-refractivity contribution in [3.8, 4) is 0 Å². The van der Waals surface area contributed by atoms with Crippen molar-refractivity contribution in [2.75, 3.05) is 6.61 Å². The fraction of sp³-hybridized carbons (Fsp3) is 0.400. The predicted molar refractivity (Wildman–Crippen MR) is 24.7 cm³/mol. The van der Waals surface area contributed by atoms with Gasteiger partial charge in [-0.25, -0.2) is 4.79 Å². The van der Waals surface area contributed by atoms with E-state index in [1.54, 1.807) is 6.08 Å². The maximum Gasteiger partial charge on any atom is 0.337 e. The number of esters is 1. The molecule has 0 saturated carbocycles. The van der Waals surface area contributed by atoms with E-state index in [0.29, 0.717) is 6.61 Å². The van der Waals surface area contributed by atoms with Crippen LogP contribution in [0.1, 0.15) is 6.92 Å². The Hall–Kier alpha value is -0.790. The summed E-state index contributed by atoms with van der Waals surface area (Å²) in [6.07, 6.45) is 1.77. The highest BCUT2D eigenvalue weighted by Crippen LogP contribution is 2.08. The number of rotatable bonds is 0. The molecule has 0 aromatic heterocycles. The van der Waals surface area contributed by atoms with Crippen LogP contribution < -0.4 is 0 Å². The van der Waals surface area contributed by atoms with Gasteiger partial charge in [-0.1, -0.05) is 6.08 Å². The molecule has 1 fully saturated rings. The summed E-state index contributed by atoms with van der Waals surface area (Å²) in [7, 11) is 0. The lowest BCUT2D eigenvalue weighted by atomic mass is 10.2. The summed E-state index contributed by atoms with van der Waals surface area (Å²) in [5, 5.41) is 0. The van der Waals surface area contributed by atoms with Crippen molar-refractivity contribution in [3.05, 3.63) is 11.6 Å². The zero-order valence-electron chi connectivity index (χ0n) is 4.10. The van der Waals surface area contributed by atoms with Gasteiger partial charge in [0.1, 0.15) is 6.61 Å². The minimum absolute atomic E-state index is 0.164. The van der Waals surface area contributed by atoms with Gasteiger partial charge in [-0.2, -0.15) is 0 Å². The van der Waals surface area contributed by atoms with Crippen molar-refractivity contribution >= 4 is 5.97 Å². The van der Waals surface area contributed by atoms with Gasteiger partial charge in [0.15, 0.2) is 0 Å². The molecule has 0 amide bonds. The average molecular weight is 98.1 g/mol. The van der Waals surface area contributed by atoms with Crippen LogP contribution in [0.3, 0.4) is 0 Å². The summed E-state index contributed by atoms with van der Waals surface area (Å²) in [6, 6.07) is 0. The summed E-state index contributed by atoms with van der Waals surface area (Å²) in [5.74, 6) is -0.164. The smallest absolute Gasteiger partial charge is 0.337 e. The highest BCUT2D eigenvalue weighted by atomic mass is 16.6. The molecule has 0 atom stereocenters. The van der Waals surface area contributed by atoms with E-state index >= 15 is 0 Å². The highest BCUT2D eigenvalue weighted by Gasteiger charge is 2.20. The van der Waals surface area contributed by atoms with Crippen LogP contribution in [0.15, 0.2) is 11.6 Å². The maximum atomic E-state index is 10.2. The van der Waals surface area contributed by atoms with Crippen molar-refractivity contribution in [2.45, 2.75) is 6.92 Å². The van der Waals surface area contributed by atoms with Gasteiger partial charge >= 0.3 is 5.97 Å². The molecule has 0 spiro atoms. The van der Waals surface area contributed by atoms with Crippen LogP contribution in [0.25, 0.3) is 0 Å². The van der Waals surface area contributed by atoms with Crippen LogP contribution in [-0.4, -0.2) is 12.6 Å². The Balaban J connectivity index is 2.61. The summed E-state index contributed by atoms with van der Waals surface area (Å²) >= 11 is 0. The second-order valence-electron chi connectivity index (χ2n) is 1.39. The SMILES string of the molecule is CC=C1COC1=O. The molecular formula is C5H6O2. The standard InChI is InChI=1S/C5H6O2/c1-2-4-3-7-5(4)6/h2H,3H2,1H3. The molecule has 1 saturated heterocycles. The van der Waals surface area contributed by atoms with Gasteiger partial charge in [-0.05, 0) is 6.92 Å². The fourth-order valence-electron chi connectivity index (χ4n) is 0.416. The van der Waals surface area contributed by atoms with Crippen LogP contribution in [0, 0.1) is 0 Å². The number of carbonyl (C=O) groups is 1. The molecule has 0 aromatic rings. The molecular weight excluding hydrogens is 92.1 g/mol. The molecule has 1 aliphatic rings. The molecule has 0 N–H and O–H groups in total. The van der Waals surface area contributed by atoms with Crippen molar-refractivity contribution < 1.29 is 9.53 Å². The Morgan fingerprint density at radius 3 is 2.57 bits per heavy atom. The first kappa shape index (κ1) is 4.37. The Morgan fingerprint density at radius 2 is 2.57 bits per heavy atom. The second-order valence-corrected chi connectivity index (χ2v) is 1.39. The molecule has 1 aliphatic heterocycles. The summed E-state index contributed by atoms with van der Waals surface area (Å²) in [5.41, 5.74) is 0.792. The lowest BCUT2D eigenvalue weighted by Gasteiger charge is -2.14. The molecule has 0 radical (unpaired) electrons. The van der Waals surface area contributed by atoms with Gasteiger partial charge in [0.2, 0.25) is 0 Å². The van der Waals surface area contributed by atoms with Crippen LogP contribution in [-0.2, 0) is 9.53 Å². The Morgan fingerprint density at radius 1 is 1.86 bits per heavy atom. The number of cyclic esters (lactones) is 1. The van der Waals surface area contributed by atoms with E-state index in [2.05, 4.69) is 4.74 Å². The third-order valence-electron chi connectivity index (χ3n) is 0.969. The summed E-state index contributed by atoms with van der Waals surface area (Å²) in [6.45, 7) is 2.34. The van der Waals surface area contributed by atoms with E-state index in [1.807, 2.05) is 6.92 Å². The first-order valence-electron chi connectivity index (χ1n) is 2.17. The van der Waals surface area contributed by atoms with Gasteiger partial charge in [0, 0.05) is 0 Å². The Bertz CT molecular complexity index is 124. The number of ether oxygens (including phenoxy) is 1. The minimum atomic E-state index is -0.164. The van der Waals surface area contributed by atoms with Crippen molar-refractivity contribution in [3.63, 3.8) is 0 Å². The topological polar surface area (TPSA) is 26.3 Å². The Kier molecular flexibility index (Phi) is 0.855. The quantitative estimate of drug-likeness (QED) is 0.325. The van der Waals surface area contributed by atoms with E-state index in [-0.39, 0.29) is 5.97 Å². The van der Waals surface area contributed by atoms with Gasteiger partial charge in [-0.15, -0.1) is 0 Å². The molecule has 2 heteroatoms. The van der Waals surface area contributed by atoms with E-state index in [9.17, 15) is 4.79 Å². The van der Waals surface area contributed by atoms with Crippen LogP contribution in [0.2, 0.25) is 0 Å². The van der Waals surface area contributed by atoms with Crippen molar-refractivity contribution in [2.24, 2.45) is 0 Å². The molecule has 7 heavy (non-hydrogen) atoms. The molecule has 0 aliphatic carbocycles. The minimum Gasteiger partial charge on any atom is -0.457 e. The number of hydrogen-bond donors (Lipinski definition) is 0. The molecule has 38 valence electrons. The second kappa shape index (κ2) is 1.37. The monoisotopic (exact) mass is 98.0 g/mol. The maximum absolute atomic E-state index is 10.2. The van der Waals surface area contributed by atoms with Crippen LogP contribution >= 0.6 is 0 Å². The molecule has 0 bridgehead atoms. The van der Waals surface area contributed by atoms with E-state index < -0.39 is 0 Å². The molecule has 0 unspecified atom stereocenters. The molecule has 0 aromatic carbocycles. The van der Waals surface area contributed by atoms with E-state index in [1.165, 1.54) is 0 Å². The van der Waals surface area contributed by atoms with Gasteiger partial charge in [-0.3, -0.25) is 0 Å². The van der Waals surface area contributed by atoms with Crippen LogP contribution in [0.5, 0.6) is 0 Å². The zero-order valence-corrected chi connectivity index (χ0v) is 4.10. The summed E-state index contributed by atoms with van der Waals surface area (Å²) < 4.78 is 4.43. The fourth-order valence-corrected chi connectivity index (χ4v) is 0.416. The highest BCUT2D eigenvalue weighted by molar-refractivity contribution is 5.93. The van der Waals surface area contributed by atoms with Crippen molar-refractivity contribution in [1.82, 2.24) is 0 Å². The normalized spacial score (nSPS) is 24.1. The average Bonchev–Trinajstić information content (AvgIpc) is 1.65. The molecule has 2 nitrogen and oxygen atoms in total. The first-order chi connectivity index (χ1) is 3.34. The zero-order chi connectivity index (χ0) is 5.28. The number of allylic oxidation sites excluding steroid dienone is 1. The van der Waals surface area contributed by atoms with Gasteiger partial charge < -0.3 is 4.74 Å². The molecule has 1 rings (SSSR count). The van der Waals surface area contributed by atoms with Gasteiger partial charge in [0.25, 0.3) is 0 Å². The largest absolute Gasteiger partial charge is 0.457 e. The van der Waals surface area contributed by atoms with E-state index in [0.717, 1.165) is 5.57 Å². The first-order valence-corrected chi connectivity index (χ1v) is 2.17. The summed E-state index contributed by atoms with van der Waals surface area (Å²) in [4.78, 5) is 10.2. The lowest BCUT2D eigenvalue weighted by Crippen LogP contribution is -2.23. The molecule has 1 heterocycles. The number of hydrogen-bond acceptors (Lipinski definition) is 2. The lowest BCUT2D eigenvalue weighted by molar-refractivity contribution is -0.147. The van der Waals surface area contributed by atoms with Gasteiger partial charge in [0.05, 0.1) is 5.57 Å². The predicted octanol–water partition coefficient (Wildman–Crippen LogP) is 0.489. The van der Waals surface area contributed by atoms with Crippen molar-refractivity contribution in [1.29, 1.82) is 0 Å². The third kappa shape index (κ3) is 0.515. The van der Waals surface area contributed by atoms with E-state index in [4.69, 9.17) is 0 Å². The van der Waals surface area contributed by atoms with Crippen LogP contribution in [0.4, 0.5) is 0 Å².